The van der Waals surface area contributed by atoms with Crippen LogP contribution in [0.4, 0.5) is 5.69 Å². The lowest BCUT2D eigenvalue weighted by Gasteiger charge is -2.25. The van der Waals surface area contributed by atoms with Gasteiger partial charge in [0.05, 0.1) is 5.75 Å². The van der Waals surface area contributed by atoms with Crippen molar-refractivity contribution in [3.8, 4) is 0 Å². The highest BCUT2D eigenvalue weighted by molar-refractivity contribution is 7.90. The van der Waals surface area contributed by atoms with Crippen molar-refractivity contribution in [3.05, 3.63) is 29.8 Å². The van der Waals surface area contributed by atoms with Crippen molar-refractivity contribution < 1.29 is 13.2 Å². The third-order valence-corrected chi connectivity index (χ3v) is 4.14. The van der Waals surface area contributed by atoms with Crippen molar-refractivity contribution in [1.29, 1.82) is 0 Å². The first-order valence-electron chi connectivity index (χ1n) is 6.00. The van der Waals surface area contributed by atoms with Crippen LogP contribution in [-0.4, -0.2) is 32.8 Å². The molecule has 0 aromatic heterocycles. The normalized spacial score (nSPS) is 18.8. The first-order valence-corrected chi connectivity index (χ1v) is 8.06. The van der Waals surface area contributed by atoms with Gasteiger partial charge in [0, 0.05) is 30.8 Å². The highest BCUT2D eigenvalue weighted by Gasteiger charge is 2.26. The van der Waals surface area contributed by atoms with Gasteiger partial charge in [-0.05, 0) is 18.1 Å². The van der Waals surface area contributed by atoms with Crippen LogP contribution in [0.25, 0.3) is 0 Å². The molecule has 0 fully saturated rings. The molecule has 2 rings (SSSR count). The number of Topliss-reactive ketones (excluding diaryl/α,β-unsaturated/α-hetero) is 1. The Kier molecular flexibility index (Phi) is 3.71. The van der Waals surface area contributed by atoms with Crippen molar-refractivity contribution in [2.45, 2.75) is 18.8 Å². The van der Waals surface area contributed by atoms with Gasteiger partial charge in [0.2, 0.25) is 0 Å². The molecule has 1 atom stereocenters. The van der Waals surface area contributed by atoms with Gasteiger partial charge < -0.3 is 5.32 Å². The van der Waals surface area contributed by atoms with E-state index in [4.69, 9.17) is 0 Å². The summed E-state index contributed by atoms with van der Waals surface area (Å²) < 4.78 is 22.2. The largest absolute Gasteiger partial charge is 0.385 e. The van der Waals surface area contributed by atoms with Gasteiger partial charge in [-0.25, -0.2) is 8.42 Å². The number of para-hydroxylation sites is 1. The number of anilines is 1. The van der Waals surface area contributed by atoms with E-state index in [1.807, 2.05) is 24.3 Å². The standard InChI is InChI=1S/C13H17NO3S/c1-18(16,17)9-7-13(15)11-6-8-14-12-5-3-2-4-10(11)12/h2-5,11,14H,6-9H2,1H3. The molecule has 5 heteroatoms. The van der Waals surface area contributed by atoms with Gasteiger partial charge in [0.25, 0.3) is 0 Å². The average molecular weight is 267 g/mol. The summed E-state index contributed by atoms with van der Waals surface area (Å²) in [5.41, 5.74) is 1.98. The van der Waals surface area contributed by atoms with Gasteiger partial charge >= 0.3 is 0 Å². The second kappa shape index (κ2) is 5.10. The van der Waals surface area contributed by atoms with Gasteiger partial charge in [-0.15, -0.1) is 0 Å². The van der Waals surface area contributed by atoms with Crippen LogP contribution < -0.4 is 5.32 Å². The Balaban J connectivity index is 2.13. The fourth-order valence-corrected chi connectivity index (χ4v) is 2.84. The molecule has 1 aromatic rings. The molecule has 0 saturated heterocycles. The van der Waals surface area contributed by atoms with Crippen molar-refractivity contribution in [2.75, 3.05) is 23.9 Å². The zero-order valence-corrected chi connectivity index (χ0v) is 11.2. The molecular formula is C13H17NO3S. The molecule has 0 aliphatic carbocycles. The quantitative estimate of drug-likeness (QED) is 0.900. The third kappa shape index (κ3) is 3.10. The Morgan fingerprint density at radius 3 is 2.83 bits per heavy atom. The molecule has 1 unspecified atom stereocenters. The zero-order chi connectivity index (χ0) is 13.2. The van der Waals surface area contributed by atoms with E-state index in [1.54, 1.807) is 0 Å². The molecule has 1 heterocycles. The summed E-state index contributed by atoms with van der Waals surface area (Å²) in [5, 5.41) is 3.25. The van der Waals surface area contributed by atoms with Crippen LogP contribution in [0.5, 0.6) is 0 Å². The molecule has 1 aliphatic rings. The minimum absolute atomic E-state index is 0.0226. The van der Waals surface area contributed by atoms with E-state index in [1.165, 1.54) is 0 Å². The fourth-order valence-electron chi connectivity index (χ4n) is 2.26. The number of hydrogen-bond donors (Lipinski definition) is 1. The molecule has 98 valence electrons. The maximum absolute atomic E-state index is 12.1. The molecule has 0 spiro atoms. The Bertz CT molecular complexity index is 551. The first-order chi connectivity index (χ1) is 8.47. The lowest BCUT2D eigenvalue weighted by Crippen LogP contribution is -2.24. The molecule has 1 aromatic carbocycles. The zero-order valence-electron chi connectivity index (χ0n) is 10.3. The molecule has 0 bridgehead atoms. The van der Waals surface area contributed by atoms with E-state index in [9.17, 15) is 13.2 Å². The summed E-state index contributed by atoms with van der Waals surface area (Å²) in [5.74, 6) is -0.198. The maximum Gasteiger partial charge on any atom is 0.147 e. The summed E-state index contributed by atoms with van der Waals surface area (Å²) in [6, 6.07) is 7.72. The van der Waals surface area contributed by atoms with Gasteiger partial charge in [0.15, 0.2) is 0 Å². The second-order valence-corrected chi connectivity index (χ2v) is 6.96. The van der Waals surface area contributed by atoms with Crippen molar-refractivity contribution >= 4 is 21.3 Å². The first kappa shape index (κ1) is 13.1. The van der Waals surface area contributed by atoms with Gasteiger partial charge in [-0.2, -0.15) is 0 Å². The van der Waals surface area contributed by atoms with Crippen molar-refractivity contribution in [2.24, 2.45) is 0 Å². The van der Waals surface area contributed by atoms with Gasteiger partial charge in [0.1, 0.15) is 15.6 Å². The van der Waals surface area contributed by atoms with E-state index in [2.05, 4.69) is 5.32 Å². The van der Waals surface area contributed by atoms with Crippen LogP contribution in [0, 0.1) is 0 Å². The van der Waals surface area contributed by atoms with Gasteiger partial charge in [-0.3, -0.25) is 4.79 Å². The van der Waals surface area contributed by atoms with E-state index in [0.717, 1.165) is 30.5 Å². The highest BCUT2D eigenvalue weighted by atomic mass is 32.2. The lowest BCUT2D eigenvalue weighted by molar-refractivity contribution is -0.120. The maximum atomic E-state index is 12.1. The summed E-state index contributed by atoms with van der Waals surface area (Å²) >= 11 is 0. The molecular weight excluding hydrogens is 250 g/mol. The van der Waals surface area contributed by atoms with E-state index in [0.29, 0.717) is 0 Å². The highest BCUT2D eigenvalue weighted by Crippen LogP contribution is 2.32. The Hall–Kier alpha value is -1.36. The summed E-state index contributed by atoms with van der Waals surface area (Å²) in [6.07, 6.45) is 2.01. The summed E-state index contributed by atoms with van der Waals surface area (Å²) in [4.78, 5) is 12.1. The van der Waals surface area contributed by atoms with Crippen LogP contribution in [0.15, 0.2) is 24.3 Å². The summed E-state index contributed by atoms with van der Waals surface area (Å²) in [6.45, 7) is 0.756. The average Bonchev–Trinajstić information content (AvgIpc) is 2.34. The fraction of sp³-hybridized carbons (Fsp3) is 0.462. The van der Waals surface area contributed by atoms with Crippen LogP contribution >= 0.6 is 0 Å². The van der Waals surface area contributed by atoms with Crippen molar-refractivity contribution in [3.63, 3.8) is 0 Å². The van der Waals surface area contributed by atoms with E-state index in [-0.39, 0.29) is 23.9 Å². The molecule has 0 radical (unpaired) electrons. The number of benzene rings is 1. The Labute approximate surface area is 107 Å². The number of carbonyl (C=O) groups excluding carboxylic acids is 1. The molecule has 1 N–H and O–H groups in total. The van der Waals surface area contributed by atoms with E-state index >= 15 is 0 Å². The Morgan fingerprint density at radius 1 is 1.39 bits per heavy atom. The molecule has 1 aliphatic heterocycles. The number of hydrogen-bond acceptors (Lipinski definition) is 4. The Morgan fingerprint density at radius 2 is 2.11 bits per heavy atom. The van der Waals surface area contributed by atoms with Crippen LogP contribution in [-0.2, 0) is 14.6 Å². The number of ketones is 1. The number of rotatable bonds is 4. The second-order valence-electron chi connectivity index (χ2n) is 4.70. The monoisotopic (exact) mass is 267 g/mol. The smallest absolute Gasteiger partial charge is 0.147 e. The van der Waals surface area contributed by atoms with Crippen LogP contribution in [0.3, 0.4) is 0 Å². The molecule has 0 saturated carbocycles. The molecule has 4 nitrogen and oxygen atoms in total. The molecule has 0 amide bonds. The predicted molar refractivity (Wildman–Crippen MR) is 71.6 cm³/mol. The molecule has 18 heavy (non-hydrogen) atoms. The number of nitrogens with one attached hydrogen (secondary N) is 1. The lowest BCUT2D eigenvalue weighted by atomic mass is 9.87. The summed E-state index contributed by atoms with van der Waals surface area (Å²) in [7, 11) is -3.07. The van der Waals surface area contributed by atoms with Crippen LogP contribution in [0.2, 0.25) is 0 Å². The number of fused-ring (bicyclic) bond motifs is 1. The van der Waals surface area contributed by atoms with Crippen LogP contribution in [0.1, 0.15) is 24.3 Å². The topological polar surface area (TPSA) is 63.2 Å². The number of sulfone groups is 1. The van der Waals surface area contributed by atoms with E-state index < -0.39 is 9.84 Å². The minimum Gasteiger partial charge on any atom is -0.385 e. The number of carbonyl (C=O) groups is 1. The minimum atomic E-state index is -3.07. The van der Waals surface area contributed by atoms with Crippen molar-refractivity contribution in [1.82, 2.24) is 0 Å². The third-order valence-electron chi connectivity index (χ3n) is 3.19. The SMILES string of the molecule is CS(=O)(=O)CCC(=O)C1CCNc2ccccc21. The predicted octanol–water partition coefficient (Wildman–Crippen LogP) is 1.59. The van der Waals surface area contributed by atoms with Gasteiger partial charge in [-0.1, -0.05) is 18.2 Å².